The Balaban J connectivity index is 3.93. The molecule has 5 heteroatoms. The van der Waals surface area contributed by atoms with E-state index in [1.807, 2.05) is 0 Å². The fourth-order valence-electron chi connectivity index (χ4n) is 0.224. The lowest BCUT2D eigenvalue weighted by Gasteiger charge is -2.08. The van der Waals surface area contributed by atoms with Crippen LogP contribution in [0, 0.1) is 0 Å². The van der Waals surface area contributed by atoms with Crippen LogP contribution >= 0.6 is 30.6 Å². The maximum atomic E-state index is 11.0. The molecular weight excluding hydrogens is 182 g/mol. The van der Waals surface area contributed by atoms with E-state index in [-0.39, 0.29) is 11.2 Å². The summed E-state index contributed by atoms with van der Waals surface area (Å²) < 4.78 is 15.6. The Hall–Kier alpha value is 0.350. The average molecular weight is 189 g/mol. The maximum absolute atomic E-state index is 11.0. The molecule has 0 fully saturated rings. The molecule has 0 aromatic heterocycles. The van der Waals surface area contributed by atoms with E-state index in [2.05, 4.69) is 11.1 Å². The van der Waals surface area contributed by atoms with Gasteiger partial charge >= 0.3 is 0 Å². The normalized spacial score (nSPS) is 10.9. The molecule has 0 rings (SSSR count). The number of rotatable bonds is 4. The van der Waals surface area contributed by atoms with Crippen molar-refractivity contribution in [3.05, 3.63) is 12.8 Å². The van der Waals surface area contributed by atoms with E-state index in [1.54, 1.807) is 0 Å². The van der Waals surface area contributed by atoms with Gasteiger partial charge in [0.2, 0.25) is 0 Å². The first-order valence-corrected chi connectivity index (χ1v) is 5.24. The summed E-state index contributed by atoms with van der Waals surface area (Å²) in [7, 11) is -2.77. The summed E-state index contributed by atoms with van der Waals surface area (Å²) in [5.41, 5.74) is -0.134. The van der Waals surface area contributed by atoms with E-state index in [0.717, 1.165) is 6.26 Å². The van der Waals surface area contributed by atoms with E-state index in [4.69, 9.17) is 23.2 Å². The summed E-state index contributed by atoms with van der Waals surface area (Å²) >= 11 is 10.5. The first kappa shape index (κ1) is 9.35. The monoisotopic (exact) mass is 188 g/mol. The van der Waals surface area contributed by atoms with Gasteiger partial charge in [0.25, 0.3) is 7.37 Å². The summed E-state index contributed by atoms with van der Waals surface area (Å²) in [6.07, 6.45) is 1.09. The first-order chi connectivity index (χ1) is 4.18. The summed E-state index contributed by atoms with van der Waals surface area (Å²) in [6.45, 7) is 3.23. The third-order valence-corrected chi connectivity index (χ3v) is 4.08. The Labute approximate surface area is 64.2 Å². The number of hydrogen-bond donors (Lipinski definition) is 0. The Bertz CT molecular complexity index is 129. The Kier molecular flexibility index (Phi) is 4.37. The molecule has 2 nitrogen and oxygen atoms in total. The molecule has 0 aliphatic carbocycles. The highest BCUT2D eigenvalue weighted by Gasteiger charge is 2.18. The van der Waals surface area contributed by atoms with Crippen molar-refractivity contribution in [1.29, 1.82) is 0 Å². The standard InChI is InChI=1S/C4H7Cl2O2P/c1-2-8-9(7,3-5)4-6/h2H,1,3-4H2. The quantitative estimate of drug-likeness (QED) is 0.386. The lowest BCUT2D eigenvalue weighted by Crippen LogP contribution is -1.85. The molecule has 0 heterocycles. The highest BCUT2D eigenvalue weighted by Crippen LogP contribution is 2.48. The molecule has 0 spiro atoms. The molecule has 0 aliphatic rings. The zero-order valence-corrected chi connectivity index (χ0v) is 7.12. The van der Waals surface area contributed by atoms with Gasteiger partial charge in [-0.2, -0.15) is 0 Å². The van der Waals surface area contributed by atoms with Crippen LogP contribution in [0.25, 0.3) is 0 Å². The van der Waals surface area contributed by atoms with Crippen molar-refractivity contribution in [2.45, 2.75) is 0 Å². The van der Waals surface area contributed by atoms with Crippen molar-refractivity contribution >= 4 is 30.6 Å². The van der Waals surface area contributed by atoms with Crippen molar-refractivity contribution in [3.8, 4) is 0 Å². The average Bonchev–Trinajstić information content (AvgIpc) is 1.89. The van der Waals surface area contributed by atoms with Gasteiger partial charge in [-0.3, -0.25) is 4.57 Å². The second-order valence-corrected chi connectivity index (χ2v) is 5.08. The van der Waals surface area contributed by atoms with Gasteiger partial charge < -0.3 is 4.52 Å². The molecule has 0 atom stereocenters. The number of alkyl halides is 2. The Morgan fingerprint density at radius 1 is 1.56 bits per heavy atom. The largest absolute Gasteiger partial charge is 0.450 e. The Morgan fingerprint density at radius 2 is 2.00 bits per heavy atom. The topological polar surface area (TPSA) is 26.3 Å². The number of halogens is 2. The highest BCUT2D eigenvalue weighted by atomic mass is 35.5. The summed E-state index contributed by atoms with van der Waals surface area (Å²) in [5.74, 6) is 0. The molecule has 0 aliphatic heterocycles. The van der Waals surface area contributed by atoms with Crippen LogP contribution in [0.4, 0.5) is 0 Å². The zero-order valence-electron chi connectivity index (χ0n) is 4.72. The second-order valence-electron chi connectivity index (χ2n) is 1.33. The molecule has 0 radical (unpaired) electrons. The van der Waals surface area contributed by atoms with Crippen molar-refractivity contribution in [3.63, 3.8) is 0 Å². The number of hydrogen-bond acceptors (Lipinski definition) is 2. The molecule has 0 saturated heterocycles. The van der Waals surface area contributed by atoms with E-state index in [1.165, 1.54) is 0 Å². The summed E-state index contributed by atoms with van der Waals surface area (Å²) in [6, 6.07) is 0. The SMILES string of the molecule is C=COP(=O)(CCl)CCl. The molecule has 0 unspecified atom stereocenters. The van der Waals surface area contributed by atoms with Crippen LogP contribution in [0.15, 0.2) is 12.8 Å². The highest BCUT2D eigenvalue weighted by molar-refractivity contribution is 7.62. The van der Waals surface area contributed by atoms with Crippen LogP contribution in [0.3, 0.4) is 0 Å². The fraction of sp³-hybridized carbons (Fsp3) is 0.500. The zero-order chi connectivity index (χ0) is 7.33. The molecule has 0 saturated carbocycles. The molecule has 0 N–H and O–H groups in total. The fourth-order valence-corrected chi connectivity index (χ4v) is 1.78. The molecule has 9 heavy (non-hydrogen) atoms. The van der Waals surface area contributed by atoms with Crippen LogP contribution in [0.1, 0.15) is 0 Å². The van der Waals surface area contributed by atoms with E-state index in [9.17, 15) is 4.57 Å². The molecular formula is C4H7Cl2O2P. The van der Waals surface area contributed by atoms with E-state index >= 15 is 0 Å². The van der Waals surface area contributed by atoms with Crippen molar-refractivity contribution in [1.82, 2.24) is 0 Å². The van der Waals surface area contributed by atoms with Crippen molar-refractivity contribution < 1.29 is 9.09 Å². The van der Waals surface area contributed by atoms with Crippen LogP contribution in [-0.4, -0.2) is 11.2 Å². The van der Waals surface area contributed by atoms with Gasteiger partial charge in [0.05, 0.1) is 6.26 Å². The first-order valence-electron chi connectivity index (χ1n) is 2.18. The van der Waals surface area contributed by atoms with Crippen LogP contribution in [0.5, 0.6) is 0 Å². The van der Waals surface area contributed by atoms with Gasteiger partial charge in [0, 0.05) is 0 Å². The van der Waals surface area contributed by atoms with Gasteiger partial charge in [-0.05, 0) is 0 Å². The van der Waals surface area contributed by atoms with Crippen molar-refractivity contribution in [2.24, 2.45) is 0 Å². The van der Waals surface area contributed by atoms with E-state index < -0.39 is 7.37 Å². The molecule has 0 bridgehead atoms. The summed E-state index contributed by atoms with van der Waals surface area (Å²) in [4.78, 5) is 0. The second kappa shape index (κ2) is 4.21. The lowest BCUT2D eigenvalue weighted by molar-refractivity contribution is 0.450. The van der Waals surface area contributed by atoms with Gasteiger partial charge in [0.15, 0.2) is 0 Å². The lowest BCUT2D eigenvalue weighted by atomic mass is 11.2. The van der Waals surface area contributed by atoms with Crippen LogP contribution < -0.4 is 0 Å². The Morgan fingerprint density at radius 3 is 2.11 bits per heavy atom. The summed E-state index contributed by atoms with van der Waals surface area (Å²) in [5, 5.41) is 0. The smallest absolute Gasteiger partial charge is 0.276 e. The third kappa shape index (κ3) is 3.14. The molecule has 0 amide bonds. The molecule has 0 aromatic rings. The predicted molar refractivity (Wildman–Crippen MR) is 40.3 cm³/mol. The maximum Gasteiger partial charge on any atom is 0.276 e. The molecule has 0 aromatic carbocycles. The minimum absolute atomic E-state index is 0.0669. The molecule has 54 valence electrons. The van der Waals surface area contributed by atoms with E-state index in [0.29, 0.717) is 0 Å². The van der Waals surface area contributed by atoms with Gasteiger partial charge in [-0.1, -0.05) is 6.58 Å². The van der Waals surface area contributed by atoms with Crippen molar-refractivity contribution in [2.75, 3.05) is 11.2 Å². The van der Waals surface area contributed by atoms with Crippen LogP contribution in [0.2, 0.25) is 0 Å². The third-order valence-electron chi connectivity index (χ3n) is 0.631. The van der Waals surface area contributed by atoms with Gasteiger partial charge in [-0.15, -0.1) is 23.2 Å². The van der Waals surface area contributed by atoms with Gasteiger partial charge in [0.1, 0.15) is 11.2 Å². The van der Waals surface area contributed by atoms with Gasteiger partial charge in [-0.25, -0.2) is 0 Å². The minimum atomic E-state index is -2.77. The minimum Gasteiger partial charge on any atom is -0.450 e. The predicted octanol–water partition coefficient (Wildman–Crippen LogP) is 2.82. The van der Waals surface area contributed by atoms with Crippen LogP contribution in [-0.2, 0) is 9.09 Å².